The lowest BCUT2D eigenvalue weighted by molar-refractivity contribution is 0.576. The van der Waals surface area contributed by atoms with Crippen LogP contribution in [0.4, 0.5) is 0 Å². The molecule has 0 aliphatic heterocycles. The maximum absolute atomic E-state index is 2.57. The van der Waals surface area contributed by atoms with Crippen LogP contribution < -0.4 is 5.19 Å². The Labute approximate surface area is 781 Å². The molecule has 0 nitrogen and oxygen atoms in total. The first-order valence-corrected chi connectivity index (χ1v) is 59.8. The van der Waals surface area contributed by atoms with Gasteiger partial charge in [0, 0.05) is 117 Å². The molecule has 15 aromatic rings. The standard InChI is InChI=1S/C109H126S12Si/c1-8-12-16-20-24-28-32-36-40-85-44-48-94(110-85)98-60-64-106(118-98)102-56-52-90(114-102)81-69-77(70-82(73-81)91-53-57-103(115-91)107-65-61-99(119-107)95-49-45-86(111-95)41-37-33-29-25-21-17-13-9-2)79-68-80(76-89(75-79)122(5,6)7)78-71-83(92-54-58-104(116-92)108-66-62-100(120-108)96-50-46-87(112-96)42-38-34-30-26-22-18-14-10-3)74-84(72-78)93-55-59-105(117-93)109-67-63-101(121-109)97-51-47-88(113-97)43-39-35-31-27-23-19-15-11-4/h44-76H,8-43H2,1-7H3. The van der Waals surface area contributed by atoms with Crippen molar-refractivity contribution in [3.63, 3.8) is 0 Å². The molecule has 0 bridgehead atoms. The van der Waals surface area contributed by atoms with Crippen LogP contribution in [0.15, 0.2) is 200 Å². The highest BCUT2D eigenvalue weighted by atomic mass is 32.1. The summed E-state index contributed by atoms with van der Waals surface area (Å²) >= 11 is 23.6. The first-order valence-electron chi connectivity index (χ1n) is 46.5. The van der Waals surface area contributed by atoms with E-state index in [1.165, 1.54) is 398 Å². The van der Waals surface area contributed by atoms with Crippen molar-refractivity contribution < 1.29 is 0 Å². The third-order valence-corrected chi connectivity index (χ3v) is 41.1. The van der Waals surface area contributed by atoms with Crippen LogP contribution in [0.1, 0.15) is 253 Å². The van der Waals surface area contributed by atoms with E-state index >= 15 is 0 Å². The van der Waals surface area contributed by atoms with Crippen molar-refractivity contribution in [2.24, 2.45) is 0 Å². The van der Waals surface area contributed by atoms with Crippen LogP contribution in [-0.4, -0.2) is 8.07 Å². The number of hydrogen-bond donors (Lipinski definition) is 0. The Morgan fingerprint density at radius 2 is 0.303 bits per heavy atom. The summed E-state index contributed by atoms with van der Waals surface area (Å²) < 4.78 is 0. The molecule has 15 rings (SSSR count). The first kappa shape index (κ1) is 91.0. The van der Waals surface area contributed by atoms with Crippen LogP contribution in [0, 0.1) is 0 Å². The summed E-state index contributed by atoms with van der Waals surface area (Å²) in [7, 11) is -1.94. The van der Waals surface area contributed by atoms with Gasteiger partial charge in [-0.05, 0) is 284 Å². The molecular weight excluding hydrogens is 1720 g/mol. The van der Waals surface area contributed by atoms with Gasteiger partial charge < -0.3 is 0 Å². The van der Waals surface area contributed by atoms with Gasteiger partial charge in [0.2, 0.25) is 0 Å². The van der Waals surface area contributed by atoms with Gasteiger partial charge in [0.05, 0.1) is 8.07 Å². The molecule has 0 atom stereocenters. The van der Waals surface area contributed by atoms with E-state index in [0.29, 0.717) is 0 Å². The number of rotatable bonds is 51. The quantitative estimate of drug-likeness (QED) is 0.0263. The molecule has 3 aromatic carbocycles. The number of aryl methyl sites for hydroxylation is 4. The molecule has 0 N–H and O–H groups in total. The van der Waals surface area contributed by atoms with Gasteiger partial charge in [-0.3, -0.25) is 0 Å². The minimum absolute atomic E-state index is 1.19. The highest BCUT2D eigenvalue weighted by molar-refractivity contribution is 7.30. The fourth-order valence-corrected chi connectivity index (χ4v) is 30.9. The summed E-state index contributed by atoms with van der Waals surface area (Å²) in [5, 5.41) is 1.47. The van der Waals surface area contributed by atoms with Crippen molar-refractivity contribution in [1.82, 2.24) is 0 Å². The Kier molecular flexibility index (Phi) is 34.6. The molecule has 12 heterocycles. The molecule has 638 valence electrons. The summed E-state index contributed by atoms with van der Waals surface area (Å²) in [5.74, 6) is 0. The smallest absolute Gasteiger partial charge is 0.0776 e. The summed E-state index contributed by atoms with van der Waals surface area (Å²) in [4.78, 5) is 33.1. The second kappa shape index (κ2) is 46.3. The van der Waals surface area contributed by atoms with Crippen LogP contribution in [0.3, 0.4) is 0 Å². The van der Waals surface area contributed by atoms with E-state index < -0.39 is 8.07 Å². The van der Waals surface area contributed by atoms with E-state index in [1.54, 1.807) is 0 Å². The van der Waals surface area contributed by atoms with E-state index in [1.807, 2.05) is 136 Å². The lowest BCUT2D eigenvalue weighted by Gasteiger charge is -2.21. The molecular formula is C109H126S12Si. The summed E-state index contributed by atoms with van der Waals surface area (Å²) in [6.45, 7) is 16.9. The lowest BCUT2D eigenvalue weighted by atomic mass is 9.93. The third kappa shape index (κ3) is 25.4. The predicted molar refractivity (Wildman–Crippen MR) is 565 cm³/mol. The molecule has 0 radical (unpaired) electrons. The van der Waals surface area contributed by atoms with Crippen molar-refractivity contribution in [2.45, 2.75) is 278 Å². The molecule has 0 spiro atoms. The number of benzene rings is 3. The van der Waals surface area contributed by atoms with Crippen LogP contribution in [0.5, 0.6) is 0 Å². The lowest BCUT2D eigenvalue weighted by Crippen LogP contribution is -2.37. The van der Waals surface area contributed by atoms with E-state index in [4.69, 9.17) is 0 Å². The van der Waals surface area contributed by atoms with Crippen molar-refractivity contribution in [3.05, 3.63) is 220 Å². The fourth-order valence-electron chi connectivity index (χ4n) is 16.8. The summed E-state index contributed by atoms with van der Waals surface area (Å²) in [5.41, 5.74) is 10.2. The Morgan fingerprint density at radius 1 is 0.156 bits per heavy atom. The minimum atomic E-state index is -1.94. The second-order valence-corrected chi connectivity index (χ2v) is 53.3. The zero-order valence-electron chi connectivity index (χ0n) is 73.4. The average Bonchev–Trinajstić information content (AvgIpc) is 1.53. The summed E-state index contributed by atoms with van der Waals surface area (Å²) in [6.07, 6.45) is 48.3. The number of hydrogen-bond acceptors (Lipinski definition) is 12. The summed E-state index contributed by atoms with van der Waals surface area (Å²) in [6, 6.07) is 80.1. The van der Waals surface area contributed by atoms with Gasteiger partial charge in [-0.1, -0.05) is 244 Å². The molecule has 12 aromatic heterocycles. The molecule has 0 aliphatic rings. The topological polar surface area (TPSA) is 0 Å². The Bertz CT molecular complexity index is 5020. The van der Waals surface area contributed by atoms with Crippen LogP contribution in [0.25, 0.3) is 142 Å². The highest BCUT2D eigenvalue weighted by Gasteiger charge is 2.24. The van der Waals surface area contributed by atoms with Crippen molar-refractivity contribution >= 4 is 149 Å². The second-order valence-electron chi connectivity index (χ2n) is 34.9. The van der Waals surface area contributed by atoms with Gasteiger partial charge in [0.1, 0.15) is 0 Å². The van der Waals surface area contributed by atoms with Crippen molar-refractivity contribution in [3.8, 4) is 142 Å². The van der Waals surface area contributed by atoms with E-state index in [-0.39, 0.29) is 0 Å². The molecule has 0 saturated heterocycles. The van der Waals surface area contributed by atoms with Crippen molar-refractivity contribution in [1.29, 1.82) is 0 Å². The largest absolute Gasteiger partial charge is 0.139 e. The van der Waals surface area contributed by atoms with Crippen LogP contribution in [0.2, 0.25) is 19.6 Å². The fraction of sp³-hybridized carbons (Fsp3) is 0.394. The van der Waals surface area contributed by atoms with E-state index in [9.17, 15) is 0 Å². The van der Waals surface area contributed by atoms with Crippen LogP contribution >= 0.6 is 136 Å². The van der Waals surface area contributed by atoms with Gasteiger partial charge in [-0.15, -0.1) is 136 Å². The van der Waals surface area contributed by atoms with Gasteiger partial charge in [-0.25, -0.2) is 0 Å². The van der Waals surface area contributed by atoms with Gasteiger partial charge in [0.25, 0.3) is 0 Å². The molecule has 122 heavy (non-hydrogen) atoms. The van der Waals surface area contributed by atoms with Crippen molar-refractivity contribution in [2.75, 3.05) is 0 Å². The predicted octanol–water partition coefficient (Wildman–Crippen LogP) is 41.0. The molecule has 0 amide bonds. The Balaban J connectivity index is 0.744. The van der Waals surface area contributed by atoms with E-state index in [0.717, 1.165) is 0 Å². The minimum Gasteiger partial charge on any atom is -0.139 e. The molecule has 0 aliphatic carbocycles. The maximum atomic E-state index is 2.57. The average molecular weight is 1850 g/mol. The zero-order valence-corrected chi connectivity index (χ0v) is 84.2. The Hall–Kier alpha value is -5.72. The maximum Gasteiger partial charge on any atom is 0.0776 e. The normalized spacial score (nSPS) is 11.9. The number of unbranched alkanes of at least 4 members (excludes halogenated alkanes) is 28. The SMILES string of the molecule is CCCCCCCCCCc1ccc(-c2ccc(-c3ccc(-c4cc(-c5cc(-c6cc(-c7ccc(-c8ccc(-c9ccc(CCCCCCCCCC)s9)s8)s7)cc(-c7ccc(-c8ccc(-c9ccc(CCCCCCCCCC)s9)s8)s7)c6)cc([Si](C)(C)C)c5)cc(-c5ccc(-c6ccc(-c7ccc(CCCCCCCCCC)s7)s6)s5)c4)s3)s2)s1. The molecule has 0 unspecified atom stereocenters. The van der Waals surface area contributed by atoms with Crippen LogP contribution in [-0.2, 0) is 25.7 Å². The molecule has 0 saturated carbocycles. The van der Waals surface area contributed by atoms with Gasteiger partial charge in [-0.2, -0.15) is 0 Å². The molecule has 13 heteroatoms. The monoisotopic (exact) mass is 1850 g/mol. The number of thiophene rings is 12. The Morgan fingerprint density at radius 3 is 0.508 bits per heavy atom. The molecule has 0 fully saturated rings. The van der Waals surface area contributed by atoms with E-state index in [2.05, 4.69) is 248 Å². The van der Waals surface area contributed by atoms with Gasteiger partial charge >= 0.3 is 0 Å². The third-order valence-electron chi connectivity index (χ3n) is 24.0. The first-order chi connectivity index (χ1) is 59.9. The highest BCUT2D eigenvalue weighted by Crippen LogP contribution is 2.50. The van der Waals surface area contributed by atoms with Gasteiger partial charge in [0.15, 0.2) is 0 Å². The zero-order chi connectivity index (χ0) is 83.8.